The third-order valence-electron chi connectivity index (χ3n) is 4.82. The summed E-state index contributed by atoms with van der Waals surface area (Å²) in [4.78, 5) is 0. The van der Waals surface area contributed by atoms with E-state index in [1.165, 1.54) is 89.9 Å². The van der Waals surface area contributed by atoms with Crippen molar-refractivity contribution in [2.75, 3.05) is 0 Å². The van der Waals surface area contributed by atoms with E-state index < -0.39 is 0 Å². The van der Waals surface area contributed by atoms with Gasteiger partial charge in [-0.1, -0.05) is 97.8 Å². The first-order chi connectivity index (χ1) is 10.3. The summed E-state index contributed by atoms with van der Waals surface area (Å²) in [6.45, 7) is 6.67. The molecule has 0 spiro atoms. The molecule has 0 amide bonds. The van der Waals surface area contributed by atoms with Crippen LogP contribution in [0.25, 0.3) is 0 Å². The molecule has 1 unspecified atom stereocenters. The van der Waals surface area contributed by atoms with E-state index in [2.05, 4.69) is 20.8 Å². The van der Waals surface area contributed by atoms with Gasteiger partial charge in [0.15, 0.2) is 0 Å². The number of hydrogen-bond acceptors (Lipinski definition) is 1. The van der Waals surface area contributed by atoms with E-state index in [0.717, 1.165) is 6.42 Å². The van der Waals surface area contributed by atoms with Gasteiger partial charge in [0.1, 0.15) is 0 Å². The second-order valence-corrected chi connectivity index (χ2v) is 6.85. The molecule has 0 aromatic carbocycles. The Hall–Kier alpha value is -0.0400. The second-order valence-electron chi connectivity index (χ2n) is 6.85. The summed E-state index contributed by atoms with van der Waals surface area (Å²) in [5, 5.41) is 10.2. The van der Waals surface area contributed by atoms with Gasteiger partial charge in [-0.2, -0.15) is 0 Å². The van der Waals surface area contributed by atoms with Gasteiger partial charge in [0, 0.05) is 0 Å². The third kappa shape index (κ3) is 13.4. The van der Waals surface area contributed by atoms with Crippen molar-refractivity contribution in [1.29, 1.82) is 0 Å². The van der Waals surface area contributed by atoms with Gasteiger partial charge in [0.25, 0.3) is 0 Å². The van der Waals surface area contributed by atoms with Crippen molar-refractivity contribution in [2.45, 2.75) is 123 Å². The van der Waals surface area contributed by atoms with Crippen LogP contribution in [0.4, 0.5) is 0 Å². The molecule has 1 nitrogen and oxygen atoms in total. The highest BCUT2D eigenvalue weighted by atomic mass is 16.3. The number of hydrogen-bond donors (Lipinski definition) is 1. The van der Waals surface area contributed by atoms with Gasteiger partial charge in [-0.3, -0.25) is 0 Å². The van der Waals surface area contributed by atoms with Gasteiger partial charge in [0.2, 0.25) is 0 Å². The van der Waals surface area contributed by atoms with E-state index in [0.29, 0.717) is 5.92 Å². The fourth-order valence-electron chi connectivity index (χ4n) is 3.24. The minimum atomic E-state index is -0.0590. The highest BCUT2D eigenvalue weighted by Crippen LogP contribution is 2.23. The van der Waals surface area contributed by atoms with Crippen LogP contribution in [0.15, 0.2) is 0 Å². The van der Waals surface area contributed by atoms with Crippen molar-refractivity contribution in [3.8, 4) is 0 Å². The van der Waals surface area contributed by atoms with E-state index in [1.807, 2.05) is 0 Å². The number of rotatable bonds is 16. The van der Waals surface area contributed by atoms with Crippen LogP contribution in [0.2, 0.25) is 0 Å². The molecule has 0 bridgehead atoms. The molecule has 0 aliphatic heterocycles. The molecule has 1 N–H and O–H groups in total. The molecule has 128 valence electrons. The maximum absolute atomic E-state index is 10.2. The van der Waals surface area contributed by atoms with E-state index in [-0.39, 0.29) is 6.10 Å². The Labute approximate surface area is 134 Å². The van der Waals surface area contributed by atoms with Crippen LogP contribution in [0.1, 0.15) is 117 Å². The zero-order valence-corrected chi connectivity index (χ0v) is 15.2. The van der Waals surface area contributed by atoms with Gasteiger partial charge < -0.3 is 5.11 Å². The fraction of sp³-hybridized carbons (Fsp3) is 1.00. The van der Waals surface area contributed by atoms with Crippen molar-refractivity contribution in [1.82, 2.24) is 0 Å². The molecule has 0 aliphatic rings. The zero-order valence-electron chi connectivity index (χ0n) is 15.2. The minimum Gasteiger partial charge on any atom is -0.393 e. The molecule has 0 aromatic heterocycles. The standard InChI is InChI=1S/C20H42O/c1-4-7-9-11-13-15-17-19(20(21)6-3)18-16-14-12-10-8-5-2/h19-21H,4-18H2,1-3H3. The number of unbranched alkanes of at least 4 members (excludes halogenated alkanes) is 10. The molecule has 0 radical (unpaired) electrons. The molecule has 0 aromatic rings. The Morgan fingerprint density at radius 1 is 0.571 bits per heavy atom. The monoisotopic (exact) mass is 298 g/mol. The van der Waals surface area contributed by atoms with Crippen LogP contribution >= 0.6 is 0 Å². The molecule has 1 atom stereocenters. The van der Waals surface area contributed by atoms with Gasteiger partial charge in [-0.05, 0) is 25.2 Å². The van der Waals surface area contributed by atoms with Gasteiger partial charge in [-0.15, -0.1) is 0 Å². The van der Waals surface area contributed by atoms with Crippen molar-refractivity contribution in [3.05, 3.63) is 0 Å². The SMILES string of the molecule is CCCCCCCCC(CCCCCCCC)C(O)CC. The molecule has 21 heavy (non-hydrogen) atoms. The van der Waals surface area contributed by atoms with Crippen LogP contribution in [0, 0.1) is 5.92 Å². The second kappa shape index (κ2) is 16.3. The van der Waals surface area contributed by atoms with Crippen molar-refractivity contribution < 1.29 is 5.11 Å². The quantitative estimate of drug-likeness (QED) is 0.308. The lowest BCUT2D eigenvalue weighted by Gasteiger charge is -2.22. The Morgan fingerprint density at radius 3 is 1.33 bits per heavy atom. The first-order valence-corrected chi connectivity index (χ1v) is 9.94. The van der Waals surface area contributed by atoms with Crippen LogP contribution < -0.4 is 0 Å². The largest absolute Gasteiger partial charge is 0.393 e. The van der Waals surface area contributed by atoms with Crippen LogP contribution in [0.5, 0.6) is 0 Å². The number of aliphatic hydroxyl groups is 1. The van der Waals surface area contributed by atoms with Crippen LogP contribution in [-0.4, -0.2) is 11.2 Å². The normalized spacial score (nSPS) is 13.0. The fourth-order valence-corrected chi connectivity index (χ4v) is 3.24. The molecule has 0 saturated heterocycles. The lowest BCUT2D eigenvalue weighted by Crippen LogP contribution is -2.19. The first-order valence-electron chi connectivity index (χ1n) is 9.94. The molecular weight excluding hydrogens is 256 g/mol. The summed E-state index contributed by atoms with van der Waals surface area (Å²) >= 11 is 0. The highest BCUT2D eigenvalue weighted by Gasteiger charge is 2.16. The van der Waals surface area contributed by atoms with Crippen molar-refractivity contribution >= 4 is 0 Å². The smallest absolute Gasteiger partial charge is 0.0565 e. The summed E-state index contributed by atoms with van der Waals surface area (Å²) in [6.07, 6.45) is 19.7. The van der Waals surface area contributed by atoms with Gasteiger partial charge >= 0.3 is 0 Å². The molecule has 0 rings (SSSR count). The summed E-state index contributed by atoms with van der Waals surface area (Å²) in [5.41, 5.74) is 0. The first kappa shape index (κ1) is 21.0. The lowest BCUT2D eigenvalue weighted by molar-refractivity contribution is 0.0901. The predicted molar refractivity (Wildman–Crippen MR) is 95.8 cm³/mol. The van der Waals surface area contributed by atoms with Crippen LogP contribution in [-0.2, 0) is 0 Å². The molecule has 1 heteroatoms. The lowest BCUT2D eigenvalue weighted by atomic mass is 9.88. The summed E-state index contributed by atoms with van der Waals surface area (Å²) in [7, 11) is 0. The van der Waals surface area contributed by atoms with Crippen molar-refractivity contribution in [2.24, 2.45) is 5.92 Å². The van der Waals surface area contributed by atoms with E-state index in [9.17, 15) is 5.11 Å². The minimum absolute atomic E-state index is 0.0590. The topological polar surface area (TPSA) is 20.2 Å². The zero-order chi connectivity index (χ0) is 15.8. The Bertz CT molecular complexity index is 174. The third-order valence-corrected chi connectivity index (χ3v) is 4.82. The Morgan fingerprint density at radius 2 is 0.952 bits per heavy atom. The molecule has 0 aliphatic carbocycles. The van der Waals surface area contributed by atoms with Crippen LogP contribution in [0.3, 0.4) is 0 Å². The average Bonchev–Trinajstić information content (AvgIpc) is 2.51. The van der Waals surface area contributed by atoms with Crippen molar-refractivity contribution in [3.63, 3.8) is 0 Å². The maximum Gasteiger partial charge on any atom is 0.0565 e. The van der Waals surface area contributed by atoms with E-state index in [1.54, 1.807) is 0 Å². The Balaban J connectivity index is 3.67. The average molecular weight is 299 g/mol. The molecule has 0 fully saturated rings. The summed E-state index contributed by atoms with van der Waals surface area (Å²) in [6, 6.07) is 0. The summed E-state index contributed by atoms with van der Waals surface area (Å²) < 4.78 is 0. The maximum atomic E-state index is 10.2. The molecule has 0 heterocycles. The highest BCUT2D eigenvalue weighted by molar-refractivity contribution is 4.68. The predicted octanol–water partition coefficient (Wildman–Crippen LogP) is 6.87. The number of aliphatic hydroxyl groups excluding tert-OH is 1. The summed E-state index contributed by atoms with van der Waals surface area (Å²) in [5.74, 6) is 0.562. The van der Waals surface area contributed by atoms with E-state index >= 15 is 0 Å². The van der Waals surface area contributed by atoms with Gasteiger partial charge in [0.05, 0.1) is 6.10 Å². The van der Waals surface area contributed by atoms with E-state index in [4.69, 9.17) is 0 Å². The molecular formula is C20H42O. The molecule has 0 saturated carbocycles. The Kier molecular flexibility index (Phi) is 16.3. The van der Waals surface area contributed by atoms with Gasteiger partial charge in [-0.25, -0.2) is 0 Å².